The Morgan fingerprint density at radius 2 is 1.89 bits per heavy atom. The van der Waals surface area contributed by atoms with Crippen LogP contribution in [0.25, 0.3) is 0 Å². The number of nitrogens with zero attached hydrogens (tertiary/aromatic N) is 1. The molecule has 0 aliphatic carbocycles. The third-order valence-corrected chi connectivity index (χ3v) is 3.04. The Balaban J connectivity index is 2.79. The summed E-state index contributed by atoms with van der Waals surface area (Å²) in [6.45, 7) is 0.397. The van der Waals surface area contributed by atoms with Crippen LogP contribution in [0, 0.1) is 5.82 Å². The van der Waals surface area contributed by atoms with Crippen LogP contribution in [0.5, 0.6) is 0 Å². The number of rotatable bonds is 7. The van der Waals surface area contributed by atoms with E-state index >= 15 is 0 Å². The first-order valence-electron chi connectivity index (χ1n) is 5.87. The van der Waals surface area contributed by atoms with Gasteiger partial charge in [-0.3, -0.25) is 0 Å². The van der Waals surface area contributed by atoms with Crippen LogP contribution in [0.1, 0.15) is 6.42 Å². The van der Waals surface area contributed by atoms with E-state index in [4.69, 9.17) is 15.2 Å². The molecule has 102 valence electrons. The third kappa shape index (κ3) is 3.66. The highest BCUT2D eigenvalue weighted by Gasteiger charge is 2.20. The van der Waals surface area contributed by atoms with Gasteiger partial charge < -0.3 is 20.1 Å². The lowest BCUT2D eigenvalue weighted by Crippen LogP contribution is -2.41. The van der Waals surface area contributed by atoms with Gasteiger partial charge in [0.25, 0.3) is 0 Å². The monoisotopic (exact) mass is 256 g/mol. The molecule has 0 aliphatic heterocycles. The zero-order valence-electron chi connectivity index (χ0n) is 11.1. The molecule has 5 heteroatoms. The quantitative estimate of drug-likeness (QED) is 0.753. The van der Waals surface area contributed by atoms with E-state index in [2.05, 4.69) is 0 Å². The summed E-state index contributed by atoms with van der Waals surface area (Å²) in [7, 11) is 4.97. The van der Waals surface area contributed by atoms with Gasteiger partial charge in [0.15, 0.2) is 6.29 Å². The largest absolute Gasteiger partial charge is 0.368 e. The van der Waals surface area contributed by atoms with E-state index in [1.54, 1.807) is 32.4 Å². The number of methoxy groups -OCH3 is 2. The summed E-state index contributed by atoms with van der Waals surface area (Å²) < 4.78 is 24.0. The lowest BCUT2D eigenvalue weighted by Gasteiger charge is -2.31. The van der Waals surface area contributed by atoms with E-state index in [0.717, 1.165) is 0 Å². The molecule has 0 fully saturated rings. The van der Waals surface area contributed by atoms with Gasteiger partial charge in [0.1, 0.15) is 5.82 Å². The highest BCUT2D eigenvalue weighted by atomic mass is 19.1. The fraction of sp³-hybridized carbons (Fsp3) is 0.538. The SMILES string of the molecule is COC(CC(CN)N(C)c1ccccc1F)OC. The van der Waals surface area contributed by atoms with Crippen molar-refractivity contribution in [3.05, 3.63) is 30.1 Å². The van der Waals surface area contributed by atoms with Crippen LogP contribution in [0.4, 0.5) is 10.1 Å². The van der Waals surface area contributed by atoms with E-state index in [0.29, 0.717) is 18.7 Å². The van der Waals surface area contributed by atoms with Gasteiger partial charge in [-0.05, 0) is 12.1 Å². The first-order valence-corrected chi connectivity index (χ1v) is 5.87. The second-order valence-electron chi connectivity index (χ2n) is 4.09. The van der Waals surface area contributed by atoms with Crippen molar-refractivity contribution < 1.29 is 13.9 Å². The fourth-order valence-electron chi connectivity index (χ4n) is 1.86. The molecule has 18 heavy (non-hydrogen) atoms. The summed E-state index contributed by atoms with van der Waals surface area (Å²) in [5.41, 5.74) is 6.27. The van der Waals surface area contributed by atoms with E-state index in [1.165, 1.54) is 6.07 Å². The van der Waals surface area contributed by atoms with Crippen molar-refractivity contribution in [1.82, 2.24) is 0 Å². The molecule has 0 heterocycles. The number of ether oxygens (including phenoxy) is 2. The Morgan fingerprint density at radius 3 is 2.39 bits per heavy atom. The molecular weight excluding hydrogens is 235 g/mol. The molecule has 1 unspecified atom stereocenters. The predicted octanol–water partition coefficient (Wildman–Crippen LogP) is 1.60. The Bertz CT molecular complexity index is 359. The Hall–Kier alpha value is -1.17. The summed E-state index contributed by atoms with van der Waals surface area (Å²) in [5, 5.41) is 0. The van der Waals surface area contributed by atoms with Crippen molar-refractivity contribution in [2.24, 2.45) is 5.73 Å². The predicted molar refractivity (Wildman–Crippen MR) is 70.1 cm³/mol. The van der Waals surface area contributed by atoms with Crippen molar-refractivity contribution in [1.29, 1.82) is 0 Å². The first kappa shape index (κ1) is 14.9. The molecule has 0 saturated carbocycles. The van der Waals surface area contributed by atoms with E-state index < -0.39 is 0 Å². The van der Waals surface area contributed by atoms with Crippen LogP contribution in [0.3, 0.4) is 0 Å². The summed E-state index contributed by atoms with van der Waals surface area (Å²) >= 11 is 0. The number of anilines is 1. The highest BCUT2D eigenvalue weighted by molar-refractivity contribution is 5.47. The lowest BCUT2D eigenvalue weighted by molar-refractivity contribution is -0.108. The van der Waals surface area contributed by atoms with E-state index in [9.17, 15) is 4.39 Å². The average Bonchev–Trinajstić information content (AvgIpc) is 2.40. The molecule has 1 aromatic carbocycles. The first-order chi connectivity index (χ1) is 8.63. The van der Waals surface area contributed by atoms with Crippen LogP contribution in [-0.2, 0) is 9.47 Å². The van der Waals surface area contributed by atoms with Gasteiger partial charge in [0, 0.05) is 40.3 Å². The smallest absolute Gasteiger partial charge is 0.158 e. The fourth-order valence-corrected chi connectivity index (χ4v) is 1.86. The second kappa shape index (κ2) is 7.31. The van der Waals surface area contributed by atoms with Crippen LogP contribution < -0.4 is 10.6 Å². The zero-order valence-corrected chi connectivity index (χ0v) is 11.1. The molecule has 0 aromatic heterocycles. The van der Waals surface area contributed by atoms with Crippen LogP contribution in [0.15, 0.2) is 24.3 Å². The molecular formula is C13H21FN2O2. The van der Waals surface area contributed by atoms with E-state index in [-0.39, 0.29) is 18.1 Å². The molecule has 0 aliphatic rings. The molecule has 1 aromatic rings. The van der Waals surface area contributed by atoms with Crippen LogP contribution >= 0.6 is 0 Å². The molecule has 0 spiro atoms. The van der Waals surface area contributed by atoms with Gasteiger partial charge in [0.2, 0.25) is 0 Å². The minimum absolute atomic E-state index is 0.0493. The number of benzene rings is 1. The second-order valence-corrected chi connectivity index (χ2v) is 4.09. The van der Waals surface area contributed by atoms with Crippen molar-refractivity contribution >= 4 is 5.69 Å². The Labute approximate surface area is 107 Å². The molecule has 4 nitrogen and oxygen atoms in total. The van der Waals surface area contributed by atoms with Crippen molar-refractivity contribution in [2.45, 2.75) is 18.8 Å². The van der Waals surface area contributed by atoms with Crippen molar-refractivity contribution in [3.63, 3.8) is 0 Å². The standard InChI is InChI=1S/C13H21FN2O2/c1-16(12-7-5-4-6-11(12)14)10(9-15)8-13(17-2)18-3/h4-7,10,13H,8-9,15H2,1-3H3. The van der Waals surface area contributed by atoms with Gasteiger partial charge >= 0.3 is 0 Å². The van der Waals surface area contributed by atoms with Crippen molar-refractivity contribution in [3.8, 4) is 0 Å². The number of hydrogen-bond donors (Lipinski definition) is 1. The third-order valence-electron chi connectivity index (χ3n) is 3.04. The number of para-hydroxylation sites is 1. The van der Waals surface area contributed by atoms with Crippen LogP contribution in [0.2, 0.25) is 0 Å². The maximum Gasteiger partial charge on any atom is 0.158 e. The van der Waals surface area contributed by atoms with Crippen LogP contribution in [-0.4, -0.2) is 40.1 Å². The van der Waals surface area contributed by atoms with Gasteiger partial charge in [-0.25, -0.2) is 4.39 Å². The van der Waals surface area contributed by atoms with Gasteiger partial charge in [-0.15, -0.1) is 0 Å². The summed E-state index contributed by atoms with van der Waals surface area (Å²) in [6, 6.07) is 6.58. The highest BCUT2D eigenvalue weighted by Crippen LogP contribution is 2.21. The maximum atomic E-state index is 13.7. The zero-order chi connectivity index (χ0) is 13.5. The molecule has 2 N–H and O–H groups in total. The maximum absolute atomic E-state index is 13.7. The molecule has 0 radical (unpaired) electrons. The van der Waals surface area contributed by atoms with Crippen molar-refractivity contribution in [2.75, 3.05) is 32.7 Å². The van der Waals surface area contributed by atoms with Gasteiger partial charge in [-0.1, -0.05) is 12.1 Å². The summed E-state index contributed by atoms with van der Waals surface area (Å²) in [5.74, 6) is -0.259. The van der Waals surface area contributed by atoms with E-state index in [1.807, 2.05) is 11.9 Å². The summed E-state index contributed by atoms with van der Waals surface area (Å²) in [4.78, 5) is 1.82. The Morgan fingerprint density at radius 1 is 1.28 bits per heavy atom. The molecule has 0 saturated heterocycles. The lowest BCUT2D eigenvalue weighted by atomic mass is 10.1. The Kier molecular flexibility index (Phi) is 6.04. The minimum atomic E-state index is -0.340. The number of hydrogen-bond acceptors (Lipinski definition) is 4. The van der Waals surface area contributed by atoms with Gasteiger partial charge in [0.05, 0.1) is 5.69 Å². The number of nitrogens with two attached hydrogens (primary N) is 1. The normalized spacial score (nSPS) is 12.8. The molecule has 1 atom stereocenters. The molecule has 1 rings (SSSR count). The average molecular weight is 256 g/mol. The molecule has 0 amide bonds. The minimum Gasteiger partial charge on any atom is -0.368 e. The number of halogens is 1. The van der Waals surface area contributed by atoms with Gasteiger partial charge in [-0.2, -0.15) is 0 Å². The molecule has 0 bridgehead atoms. The summed E-state index contributed by atoms with van der Waals surface area (Å²) in [6.07, 6.45) is 0.238. The number of likely N-dealkylation sites (N-methyl/N-ethyl adjacent to an activating group) is 1. The topological polar surface area (TPSA) is 47.7 Å².